The summed E-state index contributed by atoms with van der Waals surface area (Å²) in [4.78, 5) is 36.2. The van der Waals surface area contributed by atoms with Crippen LogP contribution in [0.2, 0.25) is 0 Å². The van der Waals surface area contributed by atoms with Gasteiger partial charge in [-0.1, -0.05) is 54.6 Å². The van der Waals surface area contributed by atoms with Crippen LogP contribution in [0.3, 0.4) is 0 Å². The molecule has 3 aromatic carbocycles. The van der Waals surface area contributed by atoms with Gasteiger partial charge in [0.2, 0.25) is 11.8 Å². The highest BCUT2D eigenvalue weighted by Gasteiger charge is 2.26. The molecule has 0 bridgehead atoms. The molecule has 0 unspecified atom stereocenters. The quantitative estimate of drug-likeness (QED) is 0.520. The van der Waals surface area contributed by atoms with Crippen molar-refractivity contribution >= 4 is 28.6 Å². The van der Waals surface area contributed by atoms with Gasteiger partial charge in [0.25, 0.3) is 0 Å². The van der Waals surface area contributed by atoms with Crippen molar-refractivity contribution in [3.63, 3.8) is 0 Å². The van der Waals surface area contributed by atoms with Gasteiger partial charge in [0.05, 0.1) is 0 Å². The molecular formula is C24H23FN2O4. The van der Waals surface area contributed by atoms with Crippen molar-refractivity contribution in [3.05, 3.63) is 83.7 Å². The number of nitrogens with one attached hydrogen (secondary N) is 2. The fraction of sp³-hybridized carbons (Fsp3) is 0.208. The van der Waals surface area contributed by atoms with Gasteiger partial charge >= 0.3 is 5.97 Å². The number of carboxylic acids is 1. The Kier molecular flexibility index (Phi) is 6.97. The summed E-state index contributed by atoms with van der Waals surface area (Å²) >= 11 is 0. The van der Waals surface area contributed by atoms with Gasteiger partial charge in [0.15, 0.2) is 0 Å². The summed E-state index contributed by atoms with van der Waals surface area (Å²) in [6, 6.07) is 16.7. The summed E-state index contributed by atoms with van der Waals surface area (Å²) < 4.78 is 13.1. The number of carbonyl (C=O) groups is 3. The van der Waals surface area contributed by atoms with Crippen molar-refractivity contribution in [2.45, 2.75) is 31.8 Å². The lowest BCUT2D eigenvalue weighted by Crippen LogP contribution is -2.52. The van der Waals surface area contributed by atoms with Crippen LogP contribution in [0, 0.1) is 5.82 Å². The number of carbonyl (C=O) groups excluding carboxylic acids is 2. The summed E-state index contributed by atoms with van der Waals surface area (Å²) in [5, 5.41) is 16.7. The van der Waals surface area contributed by atoms with Crippen LogP contribution in [0.5, 0.6) is 0 Å². The summed E-state index contributed by atoms with van der Waals surface area (Å²) in [5.41, 5.74) is 1.40. The third kappa shape index (κ3) is 6.12. The number of amides is 2. The first kappa shape index (κ1) is 22.0. The van der Waals surface area contributed by atoms with E-state index >= 15 is 0 Å². The molecule has 0 spiro atoms. The maximum Gasteiger partial charge on any atom is 0.326 e. The van der Waals surface area contributed by atoms with Crippen LogP contribution in [-0.4, -0.2) is 35.0 Å². The van der Waals surface area contributed by atoms with Crippen molar-refractivity contribution in [3.8, 4) is 0 Å². The van der Waals surface area contributed by atoms with E-state index in [0.29, 0.717) is 5.56 Å². The van der Waals surface area contributed by atoms with E-state index in [2.05, 4.69) is 10.6 Å². The second kappa shape index (κ2) is 9.84. The third-order valence-electron chi connectivity index (χ3n) is 4.92. The minimum Gasteiger partial charge on any atom is -0.480 e. The van der Waals surface area contributed by atoms with E-state index in [4.69, 9.17) is 0 Å². The highest BCUT2D eigenvalue weighted by atomic mass is 19.1. The summed E-state index contributed by atoms with van der Waals surface area (Å²) in [5.74, 6) is -2.63. The highest BCUT2D eigenvalue weighted by Crippen LogP contribution is 2.17. The van der Waals surface area contributed by atoms with Gasteiger partial charge in [-0.3, -0.25) is 9.59 Å². The maximum absolute atomic E-state index is 13.1. The Hall–Kier alpha value is -3.74. The van der Waals surface area contributed by atoms with Crippen LogP contribution in [0.15, 0.2) is 66.7 Å². The molecule has 0 radical (unpaired) electrons. The molecule has 3 N–H and O–H groups in total. The third-order valence-corrected chi connectivity index (χ3v) is 4.92. The summed E-state index contributed by atoms with van der Waals surface area (Å²) in [7, 11) is 0. The molecule has 0 aliphatic carbocycles. The van der Waals surface area contributed by atoms with E-state index in [-0.39, 0.29) is 12.8 Å². The molecule has 0 saturated carbocycles. The fourth-order valence-electron chi connectivity index (χ4n) is 3.38. The molecule has 6 nitrogen and oxygen atoms in total. The monoisotopic (exact) mass is 422 g/mol. The number of hydrogen-bond donors (Lipinski definition) is 3. The SMILES string of the molecule is CC(=O)N[C@@H](Cc1ccc(F)cc1)C(=O)N[C@H](Cc1ccc2ccccc2c1)C(=O)O. The molecule has 7 heteroatoms. The van der Waals surface area contributed by atoms with Crippen molar-refractivity contribution in [2.24, 2.45) is 0 Å². The van der Waals surface area contributed by atoms with Crippen molar-refractivity contribution in [1.29, 1.82) is 0 Å². The van der Waals surface area contributed by atoms with Gasteiger partial charge in [-0.15, -0.1) is 0 Å². The van der Waals surface area contributed by atoms with E-state index in [1.807, 2.05) is 42.5 Å². The lowest BCUT2D eigenvalue weighted by atomic mass is 10.0. The largest absolute Gasteiger partial charge is 0.480 e. The maximum atomic E-state index is 13.1. The van der Waals surface area contributed by atoms with Crippen LogP contribution in [-0.2, 0) is 27.2 Å². The minimum absolute atomic E-state index is 0.0925. The number of benzene rings is 3. The molecule has 0 fully saturated rings. The van der Waals surface area contributed by atoms with Crippen LogP contribution in [0.25, 0.3) is 10.8 Å². The van der Waals surface area contributed by atoms with Gasteiger partial charge in [-0.2, -0.15) is 0 Å². The predicted octanol–water partition coefficient (Wildman–Crippen LogP) is 2.84. The van der Waals surface area contributed by atoms with Crippen molar-refractivity contribution in [1.82, 2.24) is 10.6 Å². The average molecular weight is 422 g/mol. The van der Waals surface area contributed by atoms with Gasteiger partial charge in [-0.05, 0) is 34.0 Å². The summed E-state index contributed by atoms with van der Waals surface area (Å²) in [6.07, 6.45) is 0.198. The Morgan fingerprint density at radius 2 is 1.45 bits per heavy atom. The molecule has 3 rings (SSSR count). The Balaban J connectivity index is 1.74. The molecule has 0 saturated heterocycles. The average Bonchev–Trinajstić information content (AvgIpc) is 2.73. The Bertz CT molecular complexity index is 1100. The first-order valence-electron chi connectivity index (χ1n) is 9.84. The van der Waals surface area contributed by atoms with Crippen LogP contribution in [0.1, 0.15) is 18.1 Å². The number of rotatable bonds is 8. The van der Waals surface area contributed by atoms with Crippen LogP contribution in [0.4, 0.5) is 4.39 Å². The second-order valence-corrected chi connectivity index (χ2v) is 7.37. The molecule has 0 aliphatic heterocycles. The second-order valence-electron chi connectivity index (χ2n) is 7.37. The first-order chi connectivity index (χ1) is 14.8. The Morgan fingerprint density at radius 3 is 2.10 bits per heavy atom. The van der Waals surface area contributed by atoms with Crippen molar-refractivity contribution in [2.75, 3.05) is 0 Å². The minimum atomic E-state index is -1.18. The predicted molar refractivity (Wildman–Crippen MR) is 115 cm³/mol. The molecule has 2 amide bonds. The van der Waals surface area contributed by atoms with E-state index in [0.717, 1.165) is 16.3 Å². The van der Waals surface area contributed by atoms with Crippen LogP contribution >= 0.6 is 0 Å². The standard InChI is InChI=1S/C24H23FN2O4/c1-15(28)26-21(13-16-7-10-20(25)11-8-16)23(29)27-22(24(30)31)14-17-6-9-18-4-2-3-5-19(18)12-17/h2-12,21-22H,13-14H2,1H3,(H,26,28)(H,27,29)(H,30,31)/t21-,22+/m0/s1. The lowest BCUT2D eigenvalue weighted by Gasteiger charge is -2.21. The Morgan fingerprint density at radius 1 is 0.839 bits per heavy atom. The van der Waals surface area contributed by atoms with Gasteiger partial charge < -0.3 is 15.7 Å². The van der Waals surface area contributed by atoms with Crippen molar-refractivity contribution < 1.29 is 23.9 Å². The fourth-order valence-corrected chi connectivity index (χ4v) is 3.38. The molecular weight excluding hydrogens is 399 g/mol. The van der Waals surface area contributed by atoms with E-state index in [1.165, 1.54) is 31.2 Å². The zero-order chi connectivity index (χ0) is 22.4. The van der Waals surface area contributed by atoms with Gasteiger partial charge in [0.1, 0.15) is 17.9 Å². The highest BCUT2D eigenvalue weighted by molar-refractivity contribution is 5.90. The van der Waals surface area contributed by atoms with E-state index in [9.17, 15) is 23.9 Å². The first-order valence-corrected chi connectivity index (χ1v) is 9.84. The topological polar surface area (TPSA) is 95.5 Å². The number of hydrogen-bond acceptors (Lipinski definition) is 3. The molecule has 3 aromatic rings. The van der Waals surface area contributed by atoms with Gasteiger partial charge in [0, 0.05) is 19.8 Å². The lowest BCUT2D eigenvalue weighted by molar-refractivity contribution is -0.142. The van der Waals surface area contributed by atoms with E-state index in [1.54, 1.807) is 0 Å². The molecule has 0 aliphatic rings. The molecule has 31 heavy (non-hydrogen) atoms. The smallest absolute Gasteiger partial charge is 0.326 e. The summed E-state index contributed by atoms with van der Waals surface area (Å²) in [6.45, 7) is 1.27. The zero-order valence-electron chi connectivity index (χ0n) is 17.0. The number of fused-ring (bicyclic) bond motifs is 1. The molecule has 2 atom stereocenters. The zero-order valence-corrected chi connectivity index (χ0v) is 17.0. The van der Waals surface area contributed by atoms with Crippen LogP contribution < -0.4 is 10.6 Å². The number of aliphatic carboxylic acids is 1. The number of carboxylic acid groups (broad SMARTS) is 1. The van der Waals surface area contributed by atoms with Gasteiger partial charge in [-0.25, -0.2) is 9.18 Å². The molecule has 0 heterocycles. The molecule has 160 valence electrons. The normalized spacial score (nSPS) is 12.7. The molecule has 0 aromatic heterocycles. The Labute approximate surface area is 179 Å². The van der Waals surface area contributed by atoms with E-state index < -0.39 is 35.7 Å². The number of halogens is 1.